The summed E-state index contributed by atoms with van der Waals surface area (Å²) >= 11 is 0. The first kappa shape index (κ1) is 9.65. The Balaban J connectivity index is 2.28. The topological polar surface area (TPSA) is 87.6 Å². The maximum atomic E-state index is 11.6. The molecule has 4 N–H and O–H groups in total. The third-order valence-electron chi connectivity index (χ3n) is 2.60. The second-order valence-corrected chi connectivity index (χ2v) is 3.76. The number of hydrogen-bond donors (Lipinski definition) is 3. The summed E-state index contributed by atoms with van der Waals surface area (Å²) in [6.07, 6.45) is 0. The van der Waals surface area contributed by atoms with Crippen LogP contribution in [-0.2, 0) is 0 Å². The van der Waals surface area contributed by atoms with Crippen molar-refractivity contribution in [2.45, 2.75) is 0 Å². The number of rotatable bonds is 1. The fourth-order valence-electron chi connectivity index (χ4n) is 1.81. The molecule has 0 bridgehead atoms. The van der Waals surface area contributed by atoms with Gasteiger partial charge in [0.05, 0.1) is 5.39 Å². The summed E-state index contributed by atoms with van der Waals surface area (Å²) in [5.41, 5.74) is 7.61. The Kier molecular flexibility index (Phi) is 1.98. The Labute approximate surface area is 96.3 Å². The molecule has 84 valence electrons. The lowest BCUT2D eigenvalue weighted by atomic mass is 10.1. The fraction of sp³-hybridized carbons (Fsp3) is 0. The summed E-state index contributed by atoms with van der Waals surface area (Å²) in [6.45, 7) is 0. The molecule has 0 fully saturated rings. The summed E-state index contributed by atoms with van der Waals surface area (Å²) < 4.78 is 0. The highest BCUT2D eigenvalue weighted by atomic mass is 16.1. The van der Waals surface area contributed by atoms with Crippen molar-refractivity contribution in [1.29, 1.82) is 0 Å². The van der Waals surface area contributed by atoms with Gasteiger partial charge >= 0.3 is 0 Å². The van der Waals surface area contributed by atoms with Crippen molar-refractivity contribution in [1.82, 2.24) is 15.0 Å². The van der Waals surface area contributed by atoms with E-state index in [9.17, 15) is 4.79 Å². The third kappa shape index (κ3) is 1.57. The summed E-state index contributed by atoms with van der Waals surface area (Å²) in [6, 6.07) is 11.5. The van der Waals surface area contributed by atoms with Gasteiger partial charge in [-0.3, -0.25) is 9.78 Å². The predicted octanol–water partition coefficient (Wildman–Crippen LogP) is 1.50. The first-order valence-electron chi connectivity index (χ1n) is 5.18. The van der Waals surface area contributed by atoms with Gasteiger partial charge < -0.3 is 10.7 Å². The van der Waals surface area contributed by atoms with Gasteiger partial charge in [0, 0.05) is 5.69 Å². The van der Waals surface area contributed by atoms with E-state index in [1.807, 2.05) is 30.3 Å². The van der Waals surface area contributed by atoms with Crippen LogP contribution in [0.15, 0.2) is 41.2 Å². The van der Waals surface area contributed by atoms with Gasteiger partial charge in [-0.2, -0.15) is 4.98 Å². The van der Waals surface area contributed by atoms with Crippen molar-refractivity contribution >= 4 is 17.0 Å². The zero-order valence-corrected chi connectivity index (χ0v) is 8.90. The molecule has 2 aromatic heterocycles. The third-order valence-corrected chi connectivity index (χ3v) is 2.60. The molecule has 3 rings (SSSR count). The van der Waals surface area contributed by atoms with E-state index in [1.54, 1.807) is 6.07 Å². The zero-order valence-electron chi connectivity index (χ0n) is 8.90. The molecule has 0 unspecified atom stereocenters. The number of benzene rings is 1. The summed E-state index contributed by atoms with van der Waals surface area (Å²) in [4.78, 5) is 21.2. The fourth-order valence-corrected chi connectivity index (χ4v) is 1.81. The lowest BCUT2D eigenvalue weighted by molar-refractivity contribution is 1.18. The molecule has 0 radical (unpaired) electrons. The monoisotopic (exact) mass is 226 g/mol. The van der Waals surface area contributed by atoms with Crippen LogP contribution in [0.25, 0.3) is 22.3 Å². The molecule has 5 nitrogen and oxygen atoms in total. The Morgan fingerprint density at radius 3 is 2.65 bits per heavy atom. The molecular weight excluding hydrogens is 216 g/mol. The van der Waals surface area contributed by atoms with Crippen LogP contribution in [0.3, 0.4) is 0 Å². The molecule has 0 amide bonds. The molecule has 17 heavy (non-hydrogen) atoms. The van der Waals surface area contributed by atoms with E-state index in [-0.39, 0.29) is 11.5 Å². The highest BCUT2D eigenvalue weighted by Crippen LogP contribution is 2.20. The van der Waals surface area contributed by atoms with Crippen molar-refractivity contribution in [2.24, 2.45) is 0 Å². The number of fused-ring (bicyclic) bond motifs is 1. The molecule has 5 heteroatoms. The van der Waals surface area contributed by atoms with Crippen molar-refractivity contribution < 1.29 is 0 Å². The van der Waals surface area contributed by atoms with Crippen LogP contribution in [0, 0.1) is 0 Å². The van der Waals surface area contributed by atoms with Gasteiger partial charge in [-0.1, -0.05) is 30.3 Å². The van der Waals surface area contributed by atoms with Gasteiger partial charge in [-0.15, -0.1) is 0 Å². The van der Waals surface area contributed by atoms with Gasteiger partial charge in [0.2, 0.25) is 5.95 Å². The number of aromatic amines is 2. The van der Waals surface area contributed by atoms with Crippen molar-refractivity contribution in [2.75, 3.05) is 5.73 Å². The quantitative estimate of drug-likeness (QED) is 0.587. The van der Waals surface area contributed by atoms with Crippen LogP contribution in [0.1, 0.15) is 0 Å². The number of nitrogens with zero attached hydrogens (tertiary/aromatic N) is 1. The maximum absolute atomic E-state index is 11.6. The standard InChI is InChI=1S/C12H10N4O/c13-12-15-10-8(11(17)16-12)6-9(14-10)7-4-2-1-3-5-7/h1-6H,(H4,13,14,15,16,17). The Bertz CT molecular complexity index is 727. The van der Waals surface area contributed by atoms with Crippen molar-refractivity contribution in [3.05, 3.63) is 46.8 Å². The van der Waals surface area contributed by atoms with E-state index in [2.05, 4.69) is 15.0 Å². The van der Waals surface area contributed by atoms with Gasteiger partial charge in [0.1, 0.15) is 5.65 Å². The molecule has 1 aromatic carbocycles. The van der Waals surface area contributed by atoms with Crippen LogP contribution < -0.4 is 11.3 Å². The normalized spacial score (nSPS) is 10.8. The van der Waals surface area contributed by atoms with Gasteiger partial charge in [-0.25, -0.2) is 0 Å². The van der Waals surface area contributed by atoms with E-state index in [0.29, 0.717) is 11.0 Å². The average Bonchev–Trinajstić information content (AvgIpc) is 2.74. The first-order chi connectivity index (χ1) is 8.24. The van der Waals surface area contributed by atoms with Crippen LogP contribution in [0.4, 0.5) is 5.95 Å². The van der Waals surface area contributed by atoms with Gasteiger partial charge in [0.25, 0.3) is 5.56 Å². The summed E-state index contributed by atoms with van der Waals surface area (Å²) in [5, 5.41) is 0.512. The first-order valence-corrected chi connectivity index (χ1v) is 5.18. The number of nitrogen functional groups attached to an aromatic ring is 1. The molecule has 0 saturated heterocycles. The molecule has 0 aliphatic carbocycles. The summed E-state index contributed by atoms with van der Waals surface area (Å²) in [7, 11) is 0. The average molecular weight is 226 g/mol. The highest BCUT2D eigenvalue weighted by Gasteiger charge is 2.07. The largest absolute Gasteiger partial charge is 0.369 e. The Morgan fingerprint density at radius 2 is 1.88 bits per heavy atom. The van der Waals surface area contributed by atoms with Crippen molar-refractivity contribution in [3.63, 3.8) is 0 Å². The van der Waals surface area contributed by atoms with E-state index in [1.165, 1.54) is 0 Å². The Hall–Kier alpha value is -2.56. The molecule has 0 spiro atoms. The predicted molar refractivity (Wildman–Crippen MR) is 66.6 cm³/mol. The van der Waals surface area contributed by atoms with E-state index in [4.69, 9.17) is 5.73 Å². The minimum atomic E-state index is -0.231. The molecule has 0 atom stereocenters. The van der Waals surface area contributed by atoms with E-state index < -0.39 is 0 Å². The number of nitrogens with one attached hydrogen (secondary N) is 2. The van der Waals surface area contributed by atoms with Crippen LogP contribution in [0.5, 0.6) is 0 Å². The van der Waals surface area contributed by atoms with E-state index in [0.717, 1.165) is 11.3 Å². The van der Waals surface area contributed by atoms with Crippen LogP contribution in [0.2, 0.25) is 0 Å². The molecule has 0 aliphatic heterocycles. The number of aromatic nitrogens is 3. The number of H-pyrrole nitrogens is 2. The molecular formula is C12H10N4O. The minimum absolute atomic E-state index is 0.115. The minimum Gasteiger partial charge on any atom is -0.369 e. The smallest absolute Gasteiger partial charge is 0.261 e. The summed E-state index contributed by atoms with van der Waals surface area (Å²) in [5.74, 6) is 0.115. The lowest BCUT2D eigenvalue weighted by Crippen LogP contribution is -2.09. The maximum Gasteiger partial charge on any atom is 0.261 e. The second-order valence-electron chi connectivity index (χ2n) is 3.76. The molecule has 0 saturated carbocycles. The number of hydrogen-bond acceptors (Lipinski definition) is 3. The number of nitrogens with two attached hydrogens (primary N) is 1. The van der Waals surface area contributed by atoms with Gasteiger partial charge in [0.15, 0.2) is 0 Å². The second kappa shape index (κ2) is 3.48. The molecule has 0 aliphatic rings. The zero-order chi connectivity index (χ0) is 11.8. The molecule has 3 aromatic rings. The lowest BCUT2D eigenvalue weighted by Gasteiger charge is -1.94. The number of anilines is 1. The van der Waals surface area contributed by atoms with E-state index >= 15 is 0 Å². The van der Waals surface area contributed by atoms with Crippen molar-refractivity contribution in [3.8, 4) is 11.3 Å². The Morgan fingerprint density at radius 1 is 1.12 bits per heavy atom. The highest BCUT2D eigenvalue weighted by molar-refractivity contribution is 5.82. The van der Waals surface area contributed by atoms with Crippen LogP contribution in [-0.4, -0.2) is 15.0 Å². The SMILES string of the molecule is Nc1nc2[nH]c(-c3ccccc3)cc2c(=O)[nH]1. The van der Waals surface area contributed by atoms with Crippen LogP contribution >= 0.6 is 0 Å². The molecule has 2 heterocycles. The van der Waals surface area contributed by atoms with Gasteiger partial charge in [-0.05, 0) is 11.6 Å².